The molecule has 0 aliphatic heterocycles. The smallest absolute Gasteiger partial charge is 0.00954 e. The molecule has 1 nitrogen and oxygen atoms in total. The van der Waals surface area contributed by atoms with E-state index in [1.54, 1.807) is 0 Å². The fourth-order valence-electron chi connectivity index (χ4n) is 3.35. The van der Waals surface area contributed by atoms with Crippen LogP contribution in [0.5, 0.6) is 0 Å². The maximum Gasteiger partial charge on any atom is 0.00954 e. The van der Waals surface area contributed by atoms with E-state index >= 15 is 0 Å². The van der Waals surface area contributed by atoms with E-state index in [2.05, 4.69) is 44.8 Å². The van der Waals surface area contributed by atoms with Crippen LogP contribution in [0.3, 0.4) is 0 Å². The predicted octanol–water partition coefficient (Wildman–Crippen LogP) is 4.57. The van der Waals surface area contributed by atoms with E-state index in [9.17, 15) is 0 Å². The van der Waals surface area contributed by atoms with Crippen LogP contribution in [0, 0.1) is 17.8 Å². The van der Waals surface area contributed by atoms with Crippen LogP contribution in [0.4, 0.5) is 0 Å². The van der Waals surface area contributed by atoms with Crippen LogP contribution in [-0.4, -0.2) is 24.1 Å². The summed E-state index contributed by atoms with van der Waals surface area (Å²) in [7, 11) is 0. The van der Waals surface area contributed by atoms with Gasteiger partial charge in [0.05, 0.1) is 0 Å². The van der Waals surface area contributed by atoms with Crippen LogP contribution in [0.15, 0.2) is 0 Å². The van der Waals surface area contributed by atoms with Crippen LogP contribution >= 0.6 is 11.8 Å². The van der Waals surface area contributed by atoms with Gasteiger partial charge in [-0.25, -0.2) is 0 Å². The normalized spacial score (nSPS) is 28.8. The zero-order valence-corrected chi connectivity index (χ0v) is 13.7. The Bertz CT molecular complexity index is 205. The lowest BCUT2D eigenvalue weighted by Gasteiger charge is -2.38. The molecule has 1 aliphatic rings. The molecule has 0 radical (unpaired) electrons. The number of thioether (sulfide) groups is 1. The highest BCUT2D eigenvalue weighted by molar-refractivity contribution is 7.99. The SMILES string of the molecule is CCNC1CCC(C(C)C)CC1CCCSCC. The molecule has 0 aromatic rings. The van der Waals surface area contributed by atoms with E-state index in [0.29, 0.717) is 0 Å². The average molecular weight is 272 g/mol. The van der Waals surface area contributed by atoms with Crippen LogP contribution < -0.4 is 5.32 Å². The highest BCUT2D eigenvalue weighted by Crippen LogP contribution is 2.36. The number of nitrogens with one attached hydrogen (secondary N) is 1. The summed E-state index contributed by atoms with van der Waals surface area (Å²) >= 11 is 2.10. The van der Waals surface area contributed by atoms with Gasteiger partial charge in [0.2, 0.25) is 0 Å². The molecule has 3 atom stereocenters. The first-order valence-corrected chi connectivity index (χ1v) is 9.15. The van der Waals surface area contributed by atoms with Gasteiger partial charge in [-0.15, -0.1) is 0 Å². The lowest BCUT2D eigenvalue weighted by Crippen LogP contribution is -2.41. The fraction of sp³-hybridized carbons (Fsp3) is 1.00. The van der Waals surface area contributed by atoms with E-state index in [1.807, 2.05) is 0 Å². The predicted molar refractivity (Wildman–Crippen MR) is 85.4 cm³/mol. The first-order chi connectivity index (χ1) is 8.69. The quantitative estimate of drug-likeness (QED) is 0.649. The van der Waals surface area contributed by atoms with E-state index in [1.165, 1.54) is 43.6 Å². The highest BCUT2D eigenvalue weighted by Gasteiger charge is 2.30. The molecular weight excluding hydrogens is 238 g/mol. The molecule has 108 valence electrons. The molecule has 0 saturated heterocycles. The van der Waals surface area contributed by atoms with E-state index < -0.39 is 0 Å². The van der Waals surface area contributed by atoms with Crippen molar-refractivity contribution < 1.29 is 0 Å². The monoisotopic (exact) mass is 271 g/mol. The molecule has 2 heteroatoms. The molecule has 0 heterocycles. The van der Waals surface area contributed by atoms with Crippen molar-refractivity contribution in [2.45, 2.75) is 65.8 Å². The van der Waals surface area contributed by atoms with Crippen molar-refractivity contribution in [2.75, 3.05) is 18.1 Å². The van der Waals surface area contributed by atoms with Crippen LogP contribution in [0.2, 0.25) is 0 Å². The minimum atomic E-state index is 0.802. The van der Waals surface area contributed by atoms with Gasteiger partial charge in [0.15, 0.2) is 0 Å². The topological polar surface area (TPSA) is 12.0 Å². The van der Waals surface area contributed by atoms with Gasteiger partial charge in [-0.1, -0.05) is 27.7 Å². The third-order valence-corrected chi connectivity index (χ3v) is 5.49. The molecule has 0 aromatic heterocycles. The van der Waals surface area contributed by atoms with Gasteiger partial charge < -0.3 is 5.32 Å². The summed E-state index contributed by atoms with van der Waals surface area (Å²) in [6.07, 6.45) is 7.16. The molecule has 1 rings (SSSR count). The Morgan fingerprint density at radius 2 is 2.00 bits per heavy atom. The fourth-order valence-corrected chi connectivity index (χ4v) is 4.01. The molecule has 18 heavy (non-hydrogen) atoms. The van der Waals surface area contributed by atoms with Crippen LogP contribution in [0.25, 0.3) is 0 Å². The summed E-state index contributed by atoms with van der Waals surface area (Å²) < 4.78 is 0. The van der Waals surface area contributed by atoms with Crippen molar-refractivity contribution in [3.05, 3.63) is 0 Å². The molecule has 0 aromatic carbocycles. The van der Waals surface area contributed by atoms with Crippen LogP contribution in [-0.2, 0) is 0 Å². The Hall–Kier alpha value is 0.310. The summed E-state index contributed by atoms with van der Waals surface area (Å²) in [4.78, 5) is 0. The van der Waals surface area contributed by atoms with Crippen molar-refractivity contribution in [1.29, 1.82) is 0 Å². The minimum absolute atomic E-state index is 0.802. The molecule has 1 N–H and O–H groups in total. The molecule has 1 fully saturated rings. The molecule has 0 amide bonds. The molecule has 0 spiro atoms. The van der Waals surface area contributed by atoms with E-state index in [0.717, 1.165) is 30.3 Å². The summed E-state index contributed by atoms with van der Waals surface area (Å²) in [5, 5.41) is 3.73. The number of hydrogen-bond donors (Lipinski definition) is 1. The zero-order chi connectivity index (χ0) is 13.4. The summed E-state index contributed by atoms with van der Waals surface area (Å²) in [6, 6.07) is 0.802. The third kappa shape index (κ3) is 5.52. The lowest BCUT2D eigenvalue weighted by molar-refractivity contribution is 0.161. The second kappa shape index (κ2) is 9.25. The maximum absolute atomic E-state index is 3.73. The molecule has 1 saturated carbocycles. The second-order valence-electron chi connectivity index (χ2n) is 6.08. The Labute approximate surface area is 119 Å². The Balaban J connectivity index is 2.39. The zero-order valence-electron chi connectivity index (χ0n) is 12.9. The Morgan fingerprint density at radius 1 is 1.22 bits per heavy atom. The Kier molecular flexibility index (Phi) is 8.41. The van der Waals surface area contributed by atoms with Gasteiger partial charge in [0, 0.05) is 6.04 Å². The van der Waals surface area contributed by atoms with Crippen molar-refractivity contribution in [3.8, 4) is 0 Å². The lowest BCUT2D eigenvalue weighted by atomic mass is 9.72. The molecule has 1 aliphatic carbocycles. The van der Waals surface area contributed by atoms with Gasteiger partial charge in [-0.3, -0.25) is 0 Å². The van der Waals surface area contributed by atoms with E-state index in [-0.39, 0.29) is 0 Å². The number of hydrogen-bond acceptors (Lipinski definition) is 2. The van der Waals surface area contributed by atoms with Crippen molar-refractivity contribution in [1.82, 2.24) is 5.32 Å². The minimum Gasteiger partial charge on any atom is -0.314 e. The van der Waals surface area contributed by atoms with Gasteiger partial charge in [-0.05, 0) is 67.9 Å². The number of rotatable bonds is 8. The summed E-state index contributed by atoms with van der Waals surface area (Å²) in [5.74, 6) is 5.42. The summed E-state index contributed by atoms with van der Waals surface area (Å²) in [5.41, 5.74) is 0. The summed E-state index contributed by atoms with van der Waals surface area (Å²) in [6.45, 7) is 10.5. The van der Waals surface area contributed by atoms with Gasteiger partial charge in [0.25, 0.3) is 0 Å². The molecule has 3 unspecified atom stereocenters. The van der Waals surface area contributed by atoms with Crippen molar-refractivity contribution in [2.24, 2.45) is 17.8 Å². The Morgan fingerprint density at radius 3 is 2.61 bits per heavy atom. The maximum atomic E-state index is 3.73. The third-order valence-electron chi connectivity index (χ3n) is 4.50. The van der Waals surface area contributed by atoms with Crippen molar-refractivity contribution in [3.63, 3.8) is 0 Å². The largest absolute Gasteiger partial charge is 0.314 e. The highest BCUT2D eigenvalue weighted by atomic mass is 32.2. The van der Waals surface area contributed by atoms with Crippen molar-refractivity contribution >= 4 is 11.8 Å². The van der Waals surface area contributed by atoms with Gasteiger partial charge >= 0.3 is 0 Å². The molecule has 0 bridgehead atoms. The average Bonchev–Trinajstić information content (AvgIpc) is 2.36. The standard InChI is InChI=1S/C16H33NS/c1-5-17-16-10-9-14(13(3)4)12-15(16)8-7-11-18-6-2/h13-17H,5-12H2,1-4H3. The molecular formula is C16H33NS. The van der Waals surface area contributed by atoms with Gasteiger partial charge in [-0.2, -0.15) is 11.8 Å². The van der Waals surface area contributed by atoms with E-state index in [4.69, 9.17) is 0 Å². The van der Waals surface area contributed by atoms with Crippen LogP contribution in [0.1, 0.15) is 59.8 Å². The van der Waals surface area contributed by atoms with Gasteiger partial charge in [0.1, 0.15) is 0 Å². The second-order valence-corrected chi connectivity index (χ2v) is 7.47. The first-order valence-electron chi connectivity index (χ1n) is 8.00. The first kappa shape index (κ1) is 16.4.